The van der Waals surface area contributed by atoms with Crippen molar-refractivity contribution >= 4 is 0 Å². The summed E-state index contributed by atoms with van der Waals surface area (Å²) < 4.78 is 14.1. The Labute approximate surface area is 110 Å². The number of aryl methyl sites for hydroxylation is 1. The Bertz CT molecular complexity index is 383. The molecule has 0 aliphatic heterocycles. The third-order valence-electron chi connectivity index (χ3n) is 4.28. The van der Waals surface area contributed by atoms with Crippen LogP contribution in [0.5, 0.6) is 0 Å². The Hall–Kier alpha value is -0.890. The molecule has 2 heteroatoms. The second-order valence-corrected chi connectivity index (χ2v) is 5.55. The van der Waals surface area contributed by atoms with Crippen LogP contribution in [-0.4, -0.2) is 7.05 Å². The molecule has 1 nitrogen and oxygen atoms in total. The molecule has 100 valence electrons. The Kier molecular flexibility index (Phi) is 4.76. The summed E-state index contributed by atoms with van der Waals surface area (Å²) in [5.74, 6) is 0.831. The molecule has 0 amide bonds. The van der Waals surface area contributed by atoms with Crippen LogP contribution >= 0.6 is 0 Å². The molecule has 1 aromatic rings. The topological polar surface area (TPSA) is 12.0 Å². The minimum atomic E-state index is -0.0386. The van der Waals surface area contributed by atoms with E-state index in [1.165, 1.54) is 32.1 Å². The van der Waals surface area contributed by atoms with Gasteiger partial charge >= 0.3 is 0 Å². The minimum Gasteiger partial charge on any atom is -0.313 e. The maximum atomic E-state index is 14.1. The highest BCUT2D eigenvalue weighted by Crippen LogP contribution is 2.32. The van der Waals surface area contributed by atoms with Crippen LogP contribution in [0.2, 0.25) is 0 Å². The van der Waals surface area contributed by atoms with E-state index in [4.69, 9.17) is 0 Å². The van der Waals surface area contributed by atoms with Gasteiger partial charge in [0.1, 0.15) is 5.82 Å². The molecule has 1 fully saturated rings. The fraction of sp³-hybridized carbons (Fsp3) is 0.625. The van der Waals surface area contributed by atoms with Gasteiger partial charge < -0.3 is 5.32 Å². The van der Waals surface area contributed by atoms with Crippen molar-refractivity contribution < 1.29 is 4.39 Å². The SMILES string of the molecule is CNC(CCC1CCCC1)c1cccc(C)c1F. The molecule has 1 aliphatic rings. The van der Waals surface area contributed by atoms with E-state index in [0.717, 1.165) is 23.5 Å². The average Bonchev–Trinajstić information content (AvgIpc) is 2.88. The summed E-state index contributed by atoms with van der Waals surface area (Å²) in [7, 11) is 1.93. The fourth-order valence-corrected chi connectivity index (χ4v) is 3.10. The summed E-state index contributed by atoms with van der Waals surface area (Å²) >= 11 is 0. The van der Waals surface area contributed by atoms with Crippen molar-refractivity contribution in [2.75, 3.05) is 7.05 Å². The largest absolute Gasteiger partial charge is 0.313 e. The third-order valence-corrected chi connectivity index (χ3v) is 4.28. The van der Waals surface area contributed by atoms with Crippen LogP contribution in [0.4, 0.5) is 4.39 Å². The van der Waals surface area contributed by atoms with Gasteiger partial charge in [-0.25, -0.2) is 4.39 Å². The molecular weight excluding hydrogens is 225 g/mol. The summed E-state index contributed by atoms with van der Waals surface area (Å²) in [6.07, 6.45) is 7.77. The standard InChI is InChI=1S/C16H24FN/c1-12-6-5-9-14(16(12)17)15(18-2)11-10-13-7-3-4-8-13/h5-6,9,13,15,18H,3-4,7-8,10-11H2,1-2H3. The number of benzene rings is 1. The zero-order valence-corrected chi connectivity index (χ0v) is 11.5. The summed E-state index contributed by atoms with van der Waals surface area (Å²) in [6.45, 7) is 1.84. The van der Waals surface area contributed by atoms with Crippen molar-refractivity contribution in [1.29, 1.82) is 0 Å². The van der Waals surface area contributed by atoms with Crippen LogP contribution in [0.25, 0.3) is 0 Å². The van der Waals surface area contributed by atoms with E-state index in [1.807, 2.05) is 32.2 Å². The first-order valence-corrected chi connectivity index (χ1v) is 7.14. The van der Waals surface area contributed by atoms with E-state index < -0.39 is 0 Å². The molecule has 0 radical (unpaired) electrons. The molecule has 1 aromatic carbocycles. The Morgan fingerprint density at radius 2 is 2.06 bits per heavy atom. The molecule has 0 bridgehead atoms. The lowest BCUT2D eigenvalue weighted by atomic mass is 9.94. The van der Waals surface area contributed by atoms with Gasteiger partial charge in [0.15, 0.2) is 0 Å². The van der Waals surface area contributed by atoms with Crippen LogP contribution in [0.15, 0.2) is 18.2 Å². The van der Waals surface area contributed by atoms with Gasteiger partial charge in [0, 0.05) is 11.6 Å². The second-order valence-electron chi connectivity index (χ2n) is 5.55. The Morgan fingerprint density at radius 3 is 2.72 bits per heavy atom. The van der Waals surface area contributed by atoms with E-state index in [2.05, 4.69) is 5.32 Å². The van der Waals surface area contributed by atoms with Gasteiger partial charge in [-0.05, 0) is 38.3 Å². The summed E-state index contributed by atoms with van der Waals surface area (Å²) in [4.78, 5) is 0. The molecular formula is C16H24FN. The summed E-state index contributed by atoms with van der Waals surface area (Å²) in [5.41, 5.74) is 1.57. The molecule has 0 saturated heterocycles. The monoisotopic (exact) mass is 249 g/mol. The molecule has 1 N–H and O–H groups in total. The first-order valence-electron chi connectivity index (χ1n) is 7.14. The van der Waals surface area contributed by atoms with E-state index >= 15 is 0 Å². The Morgan fingerprint density at radius 1 is 1.33 bits per heavy atom. The molecule has 2 rings (SSSR count). The molecule has 18 heavy (non-hydrogen) atoms. The minimum absolute atomic E-state index is 0.0386. The van der Waals surface area contributed by atoms with E-state index in [1.54, 1.807) is 0 Å². The maximum Gasteiger partial charge on any atom is 0.130 e. The van der Waals surface area contributed by atoms with Gasteiger partial charge in [-0.3, -0.25) is 0 Å². The van der Waals surface area contributed by atoms with Crippen LogP contribution in [-0.2, 0) is 0 Å². The highest BCUT2D eigenvalue weighted by atomic mass is 19.1. The van der Waals surface area contributed by atoms with Gasteiger partial charge in [0.2, 0.25) is 0 Å². The predicted octanol–water partition coefficient (Wildman–Crippen LogP) is 4.37. The highest BCUT2D eigenvalue weighted by Gasteiger charge is 2.19. The molecule has 1 saturated carbocycles. The summed E-state index contributed by atoms with van der Waals surface area (Å²) in [6, 6.07) is 5.86. The molecule has 1 unspecified atom stereocenters. The molecule has 1 aliphatic carbocycles. The highest BCUT2D eigenvalue weighted by molar-refractivity contribution is 5.27. The molecule has 0 aromatic heterocycles. The van der Waals surface area contributed by atoms with Crippen LogP contribution in [0, 0.1) is 18.7 Å². The fourth-order valence-electron chi connectivity index (χ4n) is 3.10. The molecule has 0 spiro atoms. The number of rotatable bonds is 5. The second kappa shape index (κ2) is 6.33. The van der Waals surface area contributed by atoms with E-state index in [-0.39, 0.29) is 11.9 Å². The molecule has 1 atom stereocenters. The van der Waals surface area contributed by atoms with E-state index in [9.17, 15) is 4.39 Å². The number of hydrogen-bond acceptors (Lipinski definition) is 1. The Balaban J connectivity index is 2.00. The van der Waals surface area contributed by atoms with E-state index in [0.29, 0.717) is 0 Å². The van der Waals surface area contributed by atoms with Crippen molar-refractivity contribution in [3.63, 3.8) is 0 Å². The van der Waals surface area contributed by atoms with Crippen molar-refractivity contribution in [1.82, 2.24) is 5.32 Å². The van der Waals surface area contributed by atoms with Gasteiger partial charge in [0.05, 0.1) is 0 Å². The van der Waals surface area contributed by atoms with Crippen LogP contribution < -0.4 is 5.32 Å². The van der Waals surface area contributed by atoms with Gasteiger partial charge in [0.25, 0.3) is 0 Å². The van der Waals surface area contributed by atoms with Gasteiger partial charge in [-0.1, -0.05) is 43.9 Å². The molecule has 0 heterocycles. The smallest absolute Gasteiger partial charge is 0.130 e. The maximum absolute atomic E-state index is 14.1. The van der Waals surface area contributed by atoms with Crippen molar-refractivity contribution in [3.05, 3.63) is 35.1 Å². The number of halogens is 1. The lowest BCUT2D eigenvalue weighted by Gasteiger charge is -2.20. The number of hydrogen-bond donors (Lipinski definition) is 1. The predicted molar refractivity (Wildman–Crippen MR) is 74.1 cm³/mol. The zero-order chi connectivity index (χ0) is 13.0. The van der Waals surface area contributed by atoms with Gasteiger partial charge in [-0.15, -0.1) is 0 Å². The van der Waals surface area contributed by atoms with Crippen LogP contribution in [0.1, 0.15) is 55.7 Å². The van der Waals surface area contributed by atoms with Crippen molar-refractivity contribution in [2.45, 2.75) is 51.5 Å². The quantitative estimate of drug-likeness (QED) is 0.817. The first-order chi connectivity index (χ1) is 8.72. The van der Waals surface area contributed by atoms with Crippen molar-refractivity contribution in [3.8, 4) is 0 Å². The van der Waals surface area contributed by atoms with Crippen LogP contribution in [0.3, 0.4) is 0 Å². The normalized spacial score (nSPS) is 18.2. The lowest BCUT2D eigenvalue weighted by molar-refractivity contribution is 0.418. The first kappa shape index (κ1) is 13.5. The van der Waals surface area contributed by atoms with Crippen molar-refractivity contribution in [2.24, 2.45) is 5.92 Å². The van der Waals surface area contributed by atoms with Gasteiger partial charge in [-0.2, -0.15) is 0 Å². The zero-order valence-electron chi connectivity index (χ0n) is 11.5. The summed E-state index contributed by atoms with van der Waals surface area (Å²) in [5, 5.41) is 3.27. The number of nitrogens with one attached hydrogen (secondary N) is 1. The lowest BCUT2D eigenvalue weighted by Crippen LogP contribution is -2.19. The third kappa shape index (κ3) is 3.11. The average molecular weight is 249 g/mol.